The highest BCUT2D eigenvalue weighted by atomic mass is 35.5. The van der Waals surface area contributed by atoms with Crippen LogP contribution in [-0.2, 0) is 9.53 Å². The Morgan fingerprint density at radius 3 is 2.45 bits per heavy atom. The molecule has 0 aromatic heterocycles. The van der Waals surface area contributed by atoms with Crippen LogP contribution in [0.2, 0.25) is 0 Å². The molecule has 22 heavy (non-hydrogen) atoms. The van der Waals surface area contributed by atoms with Crippen molar-refractivity contribution in [3.63, 3.8) is 0 Å². The lowest BCUT2D eigenvalue weighted by Gasteiger charge is -2.17. The lowest BCUT2D eigenvalue weighted by Crippen LogP contribution is -2.27. The first-order valence-electron chi connectivity index (χ1n) is 6.98. The van der Waals surface area contributed by atoms with Gasteiger partial charge in [0.05, 0.1) is 0 Å². The number of esters is 1. The summed E-state index contributed by atoms with van der Waals surface area (Å²) in [5.41, 5.74) is 0.483. The van der Waals surface area contributed by atoms with Crippen LogP contribution in [0, 0.1) is 0 Å². The summed E-state index contributed by atoms with van der Waals surface area (Å²) in [6, 6.07) is 4.27. The number of nitrogens with zero attached hydrogens (tertiary/aromatic N) is 1. The number of likely N-dealkylation sites (N-methyl/N-ethyl adjacent to an activating group) is 1. The van der Waals surface area contributed by atoms with E-state index in [1.807, 2.05) is 13.8 Å². The summed E-state index contributed by atoms with van der Waals surface area (Å²) in [6.07, 6.45) is 0. The predicted octanol–water partition coefficient (Wildman–Crippen LogP) is 2.27. The van der Waals surface area contributed by atoms with Crippen LogP contribution in [0.3, 0.4) is 0 Å². The number of amides is 1. The fourth-order valence-corrected chi connectivity index (χ4v) is 1.87. The first kappa shape index (κ1) is 20.2. The molecule has 0 aliphatic rings. The third-order valence-electron chi connectivity index (χ3n) is 3.07. The number of anilines is 1. The normalized spacial score (nSPS) is 10.0. The highest BCUT2D eigenvalue weighted by Gasteiger charge is 2.14. The number of aromatic hydroxyl groups is 1. The molecule has 0 bridgehead atoms. The number of nitrogens with one attached hydrogen (secondary N) is 1. The van der Waals surface area contributed by atoms with E-state index in [4.69, 9.17) is 4.74 Å². The van der Waals surface area contributed by atoms with Crippen molar-refractivity contribution < 1.29 is 19.4 Å². The number of benzene rings is 1. The lowest BCUT2D eigenvalue weighted by atomic mass is 10.2. The molecule has 0 radical (unpaired) electrons. The van der Waals surface area contributed by atoms with Gasteiger partial charge in [-0.05, 0) is 31.3 Å². The molecule has 0 aliphatic heterocycles. The van der Waals surface area contributed by atoms with Gasteiger partial charge in [-0.2, -0.15) is 0 Å². The summed E-state index contributed by atoms with van der Waals surface area (Å²) in [5.74, 6) is -1.02. The maximum absolute atomic E-state index is 11.9. The first-order valence-corrected chi connectivity index (χ1v) is 6.98. The Bertz CT molecular complexity index is 504. The van der Waals surface area contributed by atoms with Crippen LogP contribution in [-0.4, -0.2) is 48.1 Å². The third kappa shape index (κ3) is 6.32. The average molecular weight is 331 g/mol. The van der Waals surface area contributed by atoms with Gasteiger partial charge in [0.15, 0.2) is 0 Å². The minimum Gasteiger partial charge on any atom is -0.507 e. The van der Waals surface area contributed by atoms with Gasteiger partial charge in [-0.25, -0.2) is 4.79 Å². The Hall–Kier alpha value is -1.79. The quantitative estimate of drug-likeness (QED) is 0.592. The summed E-state index contributed by atoms with van der Waals surface area (Å²) in [7, 11) is 0. The fourth-order valence-electron chi connectivity index (χ4n) is 1.87. The van der Waals surface area contributed by atoms with Crippen LogP contribution < -0.4 is 5.32 Å². The van der Waals surface area contributed by atoms with Crippen molar-refractivity contribution in [1.82, 2.24) is 4.90 Å². The summed E-state index contributed by atoms with van der Waals surface area (Å²) < 4.78 is 5.15. The molecule has 1 rings (SSSR count). The molecule has 1 aromatic carbocycles. The third-order valence-corrected chi connectivity index (χ3v) is 3.07. The van der Waals surface area contributed by atoms with Gasteiger partial charge in [0.1, 0.15) is 17.9 Å². The highest BCUT2D eigenvalue weighted by molar-refractivity contribution is 5.95. The molecule has 6 nitrogen and oxygen atoms in total. The number of ether oxygens (including phenoxy) is 1. The molecule has 0 unspecified atom stereocenters. The standard InChI is InChI=1S/C15H22N2O4.ClH/c1-4-17(5-2)8-9-21-15(20)13-10-12(16-11(3)18)6-7-14(13)19;/h6-7,10,19H,4-5,8-9H2,1-3H3,(H,16,18);1H. The molecular formula is C15H23ClN2O4. The van der Waals surface area contributed by atoms with Crippen molar-refractivity contribution in [1.29, 1.82) is 0 Å². The number of carbonyl (C=O) groups is 2. The molecule has 0 aliphatic carbocycles. The number of phenolic OH excluding ortho intramolecular Hbond substituents is 1. The molecule has 124 valence electrons. The van der Waals surface area contributed by atoms with Crippen molar-refractivity contribution in [2.75, 3.05) is 31.6 Å². The first-order chi connectivity index (χ1) is 9.97. The van der Waals surface area contributed by atoms with Gasteiger partial charge in [0, 0.05) is 19.2 Å². The molecule has 1 amide bonds. The molecule has 0 saturated heterocycles. The highest BCUT2D eigenvalue weighted by Crippen LogP contribution is 2.22. The van der Waals surface area contributed by atoms with Crippen molar-refractivity contribution in [2.45, 2.75) is 20.8 Å². The Morgan fingerprint density at radius 2 is 1.91 bits per heavy atom. The Morgan fingerprint density at radius 1 is 1.27 bits per heavy atom. The predicted molar refractivity (Wildman–Crippen MR) is 87.7 cm³/mol. The van der Waals surface area contributed by atoms with Crippen molar-refractivity contribution in [2.24, 2.45) is 0 Å². The van der Waals surface area contributed by atoms with Gasteiger partial charge in [-0.15, -0.1) is 12.4 Å². The van der Waals surface area contributed by atoms with E-state index in [0.29, 0.717) is 12.2 Å². The van der Waals surface area contributed by atoms with E-state index < -0.39 is 5.97 Å². The van der Waals surface area contributed by atoms with Gasteiger partial charge in [0.2, 0.25) is 5.91 Å². The van der Waals surface area contributed by atoms with E-state index in [-0.39, 0.29) is 36.2 Å². The minimum absolute atomic E-state index is 0. The lowest BCUT2D eigenvalue weighted by molar-refractivity contribution is -0.114. The molecule has 0 saturated carbocycles. The fraction of sp³-hybridized carbons (Fsp3) is 0.467. The molecule has 0 atom stereocenters. The van der Waals surface area contributed by atoms with E-state index >= 15 is 0 Å². The molecule has 7 heteroatoms. The number of hydrogen-bond acceptors (Lipinski definition) is 5. The zero-order valence-electron chi connectivity index (χ0n) is 13.1. The van der Waals surface area contributed by atoms with E-state index in [1.54, 1.807) is 0 Å². The van der Waals surface area contributed by atoms with Gasteiger partial charge in [0.25, 0.3) is 0 Å². The van der Waals surface area contributed by atoms with Crippen LogP contribution in [0.1, 0.15) is 31.1 Å². The molecular weight excluding hydrogens is 308 g/mol. The Kier molecular flexibility index (Phi) is 9.21. The zero-order chi connectivity index (χ0) is 15.8. The summed E-state index contributed by atoms with van der Waals surface area (Å²) in [6.45, 7) is 8.11. The van der Waals surface area contributed by atoms with E-state index in [2.05, 4.69) is 10.2 Å². The smallest absolute Gasteiger partial charge is 0.342 e. The monoisotopic (exact) mass is 330 g/mol. The van der Waals surface area contributed by atoms with E-state index in [1.165, 1.54) is 25.1 Å². The summed E-state index contributed by atoms with van der Waals surface area (Å²) in [4.78, 5) is 25.1. The van der Waals surface area contributed by atoms with Crippen LogP contribution >= 0.6 is 12.4 Å². The van der Waals surface area contributed by atoms with Crippen LogP contribution in [0.25, 0.3) is 0 Å². The maximum atomic E-state index is 11.9. The average Bonchev–Trinajstić information content (AvgIpc) is 2.45. The molecule has 0 fully saturated rings. The van der Waals surface area contributed by atoms with Crippen molar-refractivity contribution in [3.8, 4) is 5.75 Å². The zero-order valence-corrected chi connectivity index (χ0v) is 13.9. The summed E-state index contributed by atoms with van der Waals surface area (Å²) in [5, 5.41) is 12.3. The Labute approximate surface area is 136 Å². The van der Waals surface area contributed by atoms with Crippen molar-refractivity contribution >= 4 is 30.0 Å². The number of hydrogen-bond donors (Lipinski definition) is 2. The number of carbonyl (C=O) groups excluding carboxylic acids is 2. The SMILES string of the molecule is CCN(CC)CCOC(=O)c1cc(NC(C)=O)ccc1O.Cl. The minimum atomic E-state index is -0.605. The second kappa shape index (κ2) is 10.0. The van der Waals surface area contributed by atoms with Gasteiger partial charge in [-0.3, -0.25) is 4.79 Å². The topological polar surface area (TPSA) is 78.9 Å². The van der Waals surface area contributed by atoms with E-state index in [0.717, 1.165) is 13.1 Å². The summed E-state index contributed by atoms with van der Waals surface area (Å²) >= 11 is 0. The van der Waals surface area contributed by atoms with Gasteiger partial charge >= 0.3 is 5.97 Å². The molecule has 0 spiro atoms. The van der Waals surface area contributed by atoms with Crippen molar-refractivity contribution in [3.05, 3.63) is 23.8 Å². The molecule has 0 heterocycles. The van der Waals surface area contributed by atoms with Crippen LogP contribution in [0.15, 0.2) is 18.2 Å². The second-order valence-electron chi connectivity index (χ2n) is 4.58. The maximum Gasteiger partial charge on any atom is 0.342 e. The Balaban J connectivity index is 0.00000441. The van der Waals surface area contributed by atoms with Gasteiger partial charge < -0.3 is 20.1 Å². The van der Waals surface area contributed by atoms with E-state index in [9.17, 15) is 14.7 Å². The molecule has 1 aromatic rings. The van der Waals surface area contributed by atoms with Crippen LogP contribution in [0.4, 0.5) is 5.69 Å². The second-order valence-corrected chi connectivity index (χ2v) is 4.58. The number of halogens is 1. The van der Waals surface area contributed by atoms with Crippen LogP contribution in [0.5, 0.6) is 5.75 Å². The largest absolute Gasteiger partial charge is 0.507 e. The number of rotatable bonds is 7. The van der Waals surface area contributed by atoms with Gasteiger partial charge in [-0.1, -0.05) is 13.8 Å². The number of phenols is 1. The molecule has 2 N–H and O–H groups in total.